The van der Waals surface area contributed by atoms with Crippen LogP contribution in [0.3, 0.4) is 0 Å². The number of rotatable bonds is 3. The van der Waals surface area contributed by atoms with Crippen molar-refractivity contribution in [3.63, 3.8) is 0 Å². The molecule has 1 heterocycles. The van der Waals surface area contributed by atoms with Crippen LogP contribution >= 0.6 is 0 Å². The van der Waals surface area contributed by atoms with Gasteiger partial charge in [-0.2, -0.15) is 5.10 Å². The lowest BCUT2D eigenvalue weighted by Crippen LogP contribution is -2.38. The number of amides is 1. The monoisotopic (exact) mass is 267 g/mol. The van der Waals surface area contributed by atoms with E-state index >= 15 is 0 Å². The van der Waals surface area contributed by atoms with Crippen molar-refractivity contribution < 1.29 is 9.53 Å². The van der Waals surface area contributed by atoms with Crippen LogP contribution in [0.4, 0.5) is 4.79 Å². The highest BCUT2D eigenvalue weighted by Gasteiger charge is 2.19. The van der Waals surface area contributed by atoms with E-state index < -0.39 is 5.60 Å². The highest BCUT2D eigenvalue weighted by Crippen LogP contribution is 2.14. The lowest BCUT2D eigenvalue weighted by Gasteiger charge is -2.22. The standard InChI is InChI=1S/C14H25N3O2/c1-9(15-13(18)19-14(4,5)6)8-12-10(2)16-17(7)11(12)3/h9H,8H2,1-7H3,(H,15,18)/t9-/m1/s1. The van der Waals surface area contributed by atoms with Crippen molar-refractivity contribution >= 4 is 6.09 Å². The minimum Gasteiger partial charge on any atom is -0.444 e. The molecule has 0 fully saturated rings. The van der Waals surface area contributed by atoms with Crippen LogP contribution in [0.5, 0.6) is 0 Å². The second-order valence-corrected chi connectivity index (χ2v) is 6.02. The van der Waals surface area contributed by atoms with Gasteiger partial charge in [0.1, 0.15) is 5.60 Å². The van der Waals surface area contributed by atoms with Gasteiger partial charge in [0.15, 0.2) is 0 Å². The molecule has 0 unspecified atom stereocenters. The molecule has 1 aromatic heterocycles. The van der Waals surface area contributed by atoms with Gasteiger partial charge in [0.25, 0.3) is 0 Å². The molecule has 0 aliphatic rings. The lowest BCUT2D eigenvalue weighted by molar-refractivity contribution is 0.0508. The molecule has 0 spiro atoms. The van der Waals surface area contributed by atoms with Crippen LogP contribution in [-0.4, -0.2) is 27.5 Å². The maximum absolute atomic E-state index is 11.7. The van der Waals surface area contributed by atoms with Crippen molar-refractivity contribution in [2.24, 2.45) is 7.05 Å². The topological polar surface area (TPSA) is 56.2 Å². The smallest absolute Gasteiger partial charge is 0.407 e. The van der Waals surface area contributed by atoms with Crippen LogP contribution in [0.2, 0.25) is 0 Å². The van der Waals surface area contributed by atoms with Crippen LogP contribution in [-0.2, 0) is 18.2 Å². The molecular weight excluding hydrogens is 242 g/mol. The van der Waals surface area contributed by atoms with E-state index in [4.69, 9.17) is 4.74 Å². The van der Waals surface area contributed by atoms with E-state index in [0.717, 1.165) is 17.8 Å². The largest absolute Gasteiger partial charge is 0.444 e. The van der Waals surface area contributed by atoms with Gasteiger partial charge < -0.3 is 10.1 Å². The maximum atomic E-state index is 11.7. The first kappa shape index (κ1) is 15.5. The molecule has 0 aliphatic carbocycles. The Kier molecular flexibility index (Phi) is 4.61. The number of aromatic nitrogens is 2. The van der Waals surface area contributed by atoms with Gasteiger partial charge in [0.2, 0.25) is 0 Å². The summed E-state index contributed by atoms with van der Waals surface area (Å²) in [7, 11) is 1.93. The first-order valence-electron chi connectivity index (χ1n) is 6.58. The van der Waals surface area contributed by atoms with Crippen LogP contribution < -0.4 is 5.32 Å². The second-order valence-electron chi connectivity index (χ2n) is 6.02. The van der Waals surface area contributed by atoms with Gasteiger partial charge in [-0.05, 0) is 53.5 Å². The number of aryl methyl sites for hydroxylation is 2. The number of alkyl carbamates (subject to hydrolysis) is 1. The Morgan fingerprint density at radius 3 is 2.42 bits per heavy atom. The summed E-state index contributed by atoms with van der Waals surface area (Å²) in [5.41, 5.74) is 2.86. The van der Waals surface area contributed by atoms with Gasteiger partial charge in [0.05, 0.1) is 5.69 Å². The Labute approximate surface area is 115 Å². The average Bonchev–Trinajstić information content (AvgIpc) is 2.42. The van der Waals surface area contributed by atoms with E-state index in [1.165, 1.54) is 5.56 Å². The van der Waals surface area contributed by atoms with Crippen molar-refractivity contribution in [3.05, 3.63) is 17.0 Å². The molecule has 1 atom stereocenters. The third-order valence-electron chi connectivity index (χ3n) is 2.93. The number of carbonyl (C=O) groups is 1. The molecule has 0 saturated carbocycles. The summed E-state index contributed by atoms with van der Waals surface area (Å²) >= 11 is 0. The van der Waals surface area contributed by atoms with E-state index in [1.807, 2.05) is 53.3 Å². The zero-order chi connectivity index (χ0) is 14.8. The number of nitrogens with one attached hydrogen (secondary N) is 1. The summed E-state index contributed by atoms with van der Waals surface area (Å²) in [5, 5.41) is 7.23. The molecule has 1 aromatic rings. The van der Waals surface area contributed by atoms with E-state index in [2.05, 4.69) is 10.4 Å². The third-order valence-corrected chi connectivity index (χ3v) is 2.93. The number of hydrogen-bond acceptors (Lipinski definition) is 3. The fourth-order valence-corrected chi connectivity index (χ4v) is 1.98. The summed E-state index contributed by atoms with van der Waals surface area (Å²) in [4.78, 5) is 11.7. The fraction of sp³-hybridized carbons (Fsp3) is 0.714. The van der Waals surface area contributed by atoms with Crippen LogP contribution in [0.25, 0.3) is 0 Å². The molecule has 0 saturated heterocycles. The van der Waals surface area contributed by atoms with Crippen molar-refractivity contribution in [1.82, 2.24) is 15.1 Å². The van der Waals surface area contributed by atoms with Gasteiger partial charge in [-0.25, -0.2) is 4.79 Å². The first-order chi connectivity index (χ1) is 8.60. The highest BCUT2D eigenvalue weighted by molar-refractivity contribution is 5.68. The summed E-state index contributed by atoms with van der Waals surface area (Å²) in [6, 6.07) is 0.0106. The fourth-order valence-electron chi connectivity index (χ4n) is 1.98. The minimum absolute atomic E-state index is 0.0106. The molecular formula is C14H25N3O2. The molecule has 108 valence electrons. The van der Waals surface area contributed by atoms with Crippen molar-refractivity contribution in [3.8, 4) is 0 Å². The summed E-state index contributed by atoms with van der Waals surface area (Å²) in [5.74, 6) is 0. The molecule has 0 aliphatic heterocycles. The molecule has 19 heavy (non-hydrogen) atoms. The summed E-state index contributed by atoms with van der Waals surface area (Å²) < 4.78 is 7.11. The van der Waals surface area contributed by atoms with Crippen LogP contribution in [0.1, 0.15) is 44.6 Å². The van der Waals surface area contributed by atoms with Gasteiger partial charge in [-0.15, -0.1) is 0 Å². The molecule has 5 nitrogen and oxygen atoms in total. The number of nitrogens with zero attached hydrogens (tertiary/aromatic N) is 2. The molecule has 1 rings (SSSR count). The Hall–Kier alpha value is -1.52. The summed E-state index contributed by atoms with van der Waals surface area (Å²) in [6.45, 7) is 11.6. The molecule has 0 bridgehead atoms. The summed E-state index contributed by atoms with van der Waals surface area (Å²) in [6.07, 6.45) is 0.379. The predicted octanol–water partition coefficient (Wildman–Crippen LogP) is 2.49. The average molecular weight is 267 g/mol. The number of hydrogen-bond donors (Lipinski definition) is 1. The molecule has 0 radical (unpaired) electrons. The second kappa shape index (κ2) is 5.63. The molecule has 1 N–H and O–H groups in total. The van der Waals surface area contributed by atoms with Crippen molar-refractivity contribution in [2.45, 2.75) is 59.6 Å². The van der Waals surface area contributed by atoms with E-state index in [9.17, 15) is 4.79 Å². The Morgan fingerprint density at radius 1 is 1.42 bits per heavy atom. The molecule has 0 aromatic carbocycles. The normalized spacial score (nSPS) is 13.2. The molecule has 5 heteroatoms. The van der Waals surface area contributed by atoms with Crippen LogP contribution in [0.15, 0.2) is 0 Å². The lowest BCUT2D eigenvalue weighted by atomic mass is 10.1. The van der Waals surface area contributed by atoms with Crippen molar-refractivity contribution in [1.29, 1.82) is 0 Å². The Bertz CT molecular complexity index is 458. The van der Waals surface area contributed by atoms with Gasteiger partial charge >= 0.3 is 6.09 Å². The third kappa shape index (κ3) is 4.58. The SMILES string of the molecule is Cc1nn(C)c(C)c1C[C@@H](C)NC(=O)OC(C)(C)C. The number of carbonyl (C=O) groups excluding carboxylic acids is 1. The first-order valence-corrected chi connectivity index (χ1v) is 6.58. The quantitative estimate of drug-likeness (QED) is 0.915. The highest BCUT2D eigenvalue weighted by atomic mass is 16.6. The minimum atomic E-state index is -0.468. The maximum Gasteiger partial charge on any atom is 0.407 e. The Morgan fingerprint density at radius 2 is 2.00 bits per heavy atom. The van der Waals surface area contributed by atoms with Crippen LogP contribution in [0, 0.1) is 13.8 Å². The van der Waals surface area contributed by atoms with E-state index in [1.54, 1.807) is 0 Å². The van der Waals surface area contributed by atoms with Gasteiger partial charge in [-0.3, -0.25) is 4.68 Å². The van der Waals surface area contributed by atoms with Gasteiger partial charge in [-0.1, -0.05) is 0 Å². The molecule has 1 amide bonds. The zero-order valence-corrected chi connectivity index (χ0v) is 13.0. The van der Waals surface area contributed by atoms with Crippen molar-refractivity contribution in [2.75, 3.05) is 0 Å². The van der Waals surface area contributed by atoms with Gasteiger partial charge in [0, 0.05) is 18.8 Å². The number of ether oxygens (including phenoxy) is 1. The predicted molar refractivity (Wildman–Crippen MR) is 75.2 cm³/mol. The van der Waals surface area contributed by atoms with E-state index in [-0.39, 0.29) is 12.1 Å². The Balaban J connectivity index is 2.61. The zero-order valence-electron chi connectivity index (χ0n) is 13.0. The van der Waals surface area contributed by atoms with E-state index in [0.29, 0.717) is 0 Å².